The van der Waals surface area contributed by atoms with Crippen LogP contribution in [-0.4, -0.2) is 85.4 Å². The van der Waals surface area contributed by atoms with Crippen LogP contribution in [-0.2, 0) is 25.5 Å². The number of likely N-dealkylation sites (tertiary alicyclic amines) is 1. The summed E-state index contributed by atoms with van der Waals surface area (Å²) in [5.41, 5.74) is 0.481. The van der Waals surface area contributed by atoms with Crippen molar-refractivity contribution in [1.29, 1.82) is 0 Å². The van der Waals surface area contributed by atoms with Crippen molar-refractivity contribution < 1.29 is 34.4 Å². The molecule has 0 aromatic heterocycles. The van der Waals surface area contributed by atoms with Gasteiger partial charge in [-0.25, -0.2) is 4.79 Å². The van der Waals surface area contributed by atoms with Gasteiger partial charge >= 0.3 is 5.97 Å². The van der Waals surface area contributed by atoms with Gasteiger partial charge in [0.15, 0.2) is 11.5 Å². The van der Waals surface area contributed by atoms with Crippen molar-refractivity contribution in [3.05, 3.63) is 23.8 Å². The first kappa shape index (κ1) is 28.5. The highest BCUT2D eigenvalue weighted by Crippen LogP contribution is 2.36. The van der Waals surface area contributed by atoms with E-state index in [1.54, 1.807) is 4.90 Å². The van der Waals surface area contributed by atoms with Crippen molar-refractivity contribution in [2.45, 2.75) is 83.6 Å². The number of hydrogen-bond donors (Lipinski definition) is 3. The third kappa shape index (κ3) is 6.22. The molecule has 1 aromatic carbocycles. The number of phenols is 2. The second kappa shape index (κ2) is 12.2. The van der Waals surface area contributed by atoms with Crippen LogP contribution in [0.3, 0.4) is 0 Å². The first-order chi connectivity index (χ1) is 18.1. The van der Waals surface area contributed by atoms with Crippen LogP contribution in [0.4, 0.5) is 0 Å². The van der Waals surface area contributed by atoms with E-state index in [1.165, 1.54) is 34.9 Å². The summed E-state index contributed by atoms with van der Waals surface area (Å²) >= 11 is 1.43. The Morgan fingerprint density at radius 2 is 1.84 bits per heavy atom. The number of amides is 2. The molecule has 10 heteroatoms. The van der Waals surface area contributed by atoms with Crippen molar-refractivity contribution >= 4 is 29.5 Å². The fourth-order valence-corrected chi connectivity index (χ4v) is 7.16. The number of esters is 1. The number of aliphatic hydroxyl groups excluding tert-OH is 1. The summed E-state index contributed by atoms with van der Waals surface area (Å²) in [6.07, 6.45) is 2.63. The van der Waals surface area contributed by atoms with Gasteiger partial charge in [0.25, 0.3) is 5.91 Å². The Bertz CT molecular complexity index is 1030. The number of carbonyl (C=O) groups is 3. The largest absolute Gasteiger partial charge is 0.504 e. The molecular weight excluding hydrogens is 508 g/mol. The number of rotatable bonds is 7. The van der Waals surface area contributed by atoms with Crippen LogP contribution in [0.5, 0.6) is 11.5 Å². The number of phenolic OH excluding ortho intramolecular Hbond substituents is 2. The highest BCUT2D eigenvalue weighted by molar-refractivity contribution is 7.99. The molecule has 0 radical (unpaired) electrons. The van der Waals surface area contributed by atoms with Gasteiger partial charge in [-0.05, 0) is 61.1 Å². The molecule has 38 heavy (non-hydrogen) atoms. The van der Waals surface area contributed by atoms with Crippen molar-refractivity contribution in [3.63, 3.8) is 0 Å². The summed E-state index contributed by atoms with van der Waals surface area (Å²) < 4.78 is 6.06. The van der Waals surface area contributed by atoms with Crippen molar-refractivity contribution in [2.24, 2.45) is 17.8 Å². The highest BCUT2D eigenvalue weighted by Gasteiger charge is 2.45. The average Bonchev–Trinajstić information content (AvgIpc) is 3.55. The second-order valence-corrected chi connectivity index (χ2v) is 12.4. The minimum atomic E-state index is -1.41. The lowest BCUT2D eigenvalue weighted by atomic mass is 9.75. The molecule has 1 aliphatic carbocycles. The summed E-state index contributed by atoms with van der Waals surface area (Å²) in [5, 5.41) is 29.8. The van der Waals surface area contributed by atoms with E-state index in [4.69, 9.17) is 4.74 Å². The minimum Gasteiger partial charge on any atom is -0.504 e. The van der Waals surface area contributed by atoms with Gasteiger partial charge in [0.05, 0.1) is 5.88 Å². The molecule has 2 aliphatic heterocycles. The molecule has 4 unspecified atom stereocenters. The predicted molar refractivity (Wildman–Crippen MR) is 143 cm³/mol. The molecule has 6 atom stereocenters. The van der Waals surface area contributed by atoms with Crippen molar-refractivity contribution in [1.82, 2.24) is 9.80 Å². The number of aromatic hydroxyl groups is 2. The van der Waals surface area contributed by atoms with E-state index in [9.17, 15) is 29.7 Å². The lowest BCUT2D eigenvalue weighted by molar-refractivity contribution is -0.165. The van der Waals surface area contributed by atoms with Crippen LogP contribution in [0.25, 0.3) is 0 Å². The predicted octanol–water partition coefficient (Wildman–Crippen LogP) is 2.90. The van der Waals surface area contributed by atoms with E-state index in [0.717, 1.165) is 19.3 Å². The molecule has 0 bridgehead atoms. The Labute approximate surface area is 228 Å². The summed E-state index contributed by atoms with van der Waals surface area (Å²) in [6, 6.07) is 2.69. The first-order valence-corrected chi connectivity index (χ1v) is 14.8. The summed E-state index contributed by atoms with van der Waals surface area (Å²) in [7, 11) is 0. The highest BCUT2D eigenvalue weighted by atomic mass is 32.2. The molecule has 2 heterocycles. The summed E-state index contributed by atoms with van der Waals surface area (Å²) in [4.78, 5) is 43.0. The normalized spacial score (nSPS) is 28.5. The summed E-state index contributed by atoms with van der Waals surface area (Å²) in [6.45, 7) is 6.95. The molecule has 0 spiro atoms. The zero-order chi connectivity index (χ0) is 27.6. The zero-order valence-corrected chi connectivity index (χ0v) is 23.2. The van der Waals surface area contributed by atoms with E-state index in [0.29, 0.717) is 48.5 Å². The number of hydrogen-bond acceptors (Lipinski definition) is 8. The van der Waals surface area contributed by atoms with E-state index in [1.807, 2.05) is 0 Å². The molecule has 3 aliphatic rings. The van der Waals surface area contributed by atoms with E-state index in [2.05, 4.69) is 20.8 Å². The topological polar surface area (TPSA) is 128 Å². The molecule has 4 rings (SSSR count). The number of aliphatic hydroxyl groups is 1. The molecule has 3 fully saturated rings. The van der Waals surface area contributed by atoms with Gasteiger partial charge in [-0.1, -0.05) is 33.3 Å². The van der Waals surface area contributed by atoms with Gasteiger partial charge in [0, 0.05) is 18.7 Å². The van der Waals surface area contributed by atoms with Crippen LogP contribution in [0.2, 0.25) is 0 Å². The van der Waals surface area contributed by atoms with E-state index >= 15 is 0 Å². The molecule has 1 aromatic rings. The Morgan fingerprint density at radius 1 is 1.08 bits per heavy atom. The smallest absolute Gasteiger partial charge is 0.329 e. The van der Waals surface area contributed by atoms with Crippen LogP contribution in [0.15, 0.2) is 18.2 Å². The second-order valence-electron chi connectivity index (χ2n) is 11.4. The maximum absolute atomic E-state index is 13.6. The number of benzene rings is 1. The maximum atomic E-state index is 13.6. The SMILES string of the molecule is CC(C)C1CC[C@@H](C)C[C@H]1OC(=O)C1CCCN1C(=O)C1CSCN1C(=O)C(O)Cc1ccc(O)c(O)c1. The first-order valence-electron chi connectivity index (χ1n) is 13.6. The van der Waals surface area contributed by atoms with Gasteiger partial charge in [0.2, 0.25) is 5.91 Å². The van der Waals surface area contributed by atoms with Crippen molar-refractivity contribution in [3.8, 4) is 11.5 Å². The van der Waals surface area contributed by atoms with Crippen LogP contribution in [0, 0.1) is 17.8 Å². The quantitative estimate of drug-likeness (QED) is 0.351. The molecule has 1 saturated carbocycles. The fraction of sp³-hybridized carbons (Fsp3) is 0.679. The van der Waals surface area contributed by atoms with Gasteiger partial charge in [-0.2, -0.15) is 0 Å². The Kier molecular flexibility index (Phi) is 9.13. The molecular formula is C28H40N2O7S. The number of nitrogens with zero attached hydrogens (tertiary/aromatic N) is 2. The Balaban J connectivity index is 1.40. The number of ether oxygens (including phenoxy) is 1. The van der Waals surface area contributed by atoms with Crippen LogP contribution in [0.1, 0.15) is 58.4 Å². The molecule has 2 amide bonds. The van der Waals surface area contributed by atoms with Crippen LogP contribution < -0.4 is 0 Å². The third-order valence-corrected chi connectivity index (χ3v) is 9.25. The molecule has 3 N–H and O–H groups in total. The van der Waals surface area contributed by atoms with E-state index < -0.39 is 24.1 Å². The van der Waals surface area contributed by atoms with Gasteiger partial charge < -0.3 is 29.9 Å². The number of carbonyl (C=O) groups excluding carboxylic acids is 3. The maximum Gasteiger partial charge on any atom is 0.329 e. The zero-order valence-electron chi connectivity index (χ0n) is 22.4. The lowest BCUT2D eigenvalue weighted by Crippen LogP contribution is -2.54. The van der Waals surface area contributed by atoms with Crippen molar-refractivity contribution in [2.75, 3.05) is 18.2 Å². The van der Waals surface area contributed by atoms with E-state index in [-0.39, 0.29) is 41.8 Å². The van der Waals surface area contributed by atoms with Gasteiger partial charge in [-0.15, -0.1) is 11.8 Å². The standard InChI is InChI=1S/C28H40N2O7S/c1-16(2)19-8-6-17(3)11-25(19)37-28(36)20-5-4-10-29(20)26(34)21-14-38-15-30(21)27(35)24(33)13-18-7-9-22(31)23(32)12-18/h7,9,12,16-17,19-21,24-25,31-33H,4-6,8,10-11,13-15H2,1-3H3/t17-,19?,20?,21?,24?,25-/m1/s1. The fourth-order valence-electron chi connectivity index (χ4n) is 6.01. The minimum absolute atomic E-state index is 0.0652. The number of thioether (sulfide) groups is 1. The third-order valence-electron chi connectivity index (χ3n) is 8.24. The summed E-state index contributed by atoms with van der Waals surface area (Å²) in [5.74, 6) is 0.0639. The lowest BCUT2D eigenvalue weighted by Gasteiger charge is -2.38. The van der Waals surface area contributed by atoms with Gasteiger partial charge in [0.1, 0.15) is 24.3 Å². The molecule has 2 saturated heterocycles. The average molecular weight is 549 g/mol. The molecule has 210 valence electrons. The van der Waals surface area contributed by atoms with Gasteiger partial charge in [-0.3, -0.25) is 9.59 Å². The Morgan fingerprint density at radius 3 is 2.55 bits per heavy atom. The van der Waals surface area contributed by atoms with Crippen LogP contribution >= 0.6 is 11.8 Å². The Hall–Kier alpha value is -2.46. The molecule has 9 nitrogen and oxygen atoms in total. The monoisotopic (exact) mass is 548 g/mol.